The predicted molar refractivity (Wildman–Crippen MR) is 115 cm³/mol. The van der Waals surface area contributed by atoms with Crippen LogP contribution in [0.3, 0.4) is 0 Å². The van der Waals surface area contributed by atoms with E-state index in [1.807, 2.05) is 42.5 Å². The van der Waals surface area contributed by atoms with Gasteiger partial charge in [-0.2, -0.15) is 0 Å². The molecule has 0 saturated carbocycles. The Balaban J connectivity index is 1.84. The predicted octanol–water partition coefficient (Wildman–Crippen LogP) is 4.20. The lowest BCUT2D eigenvalue weighted by Gasteiger charge is -2.26. The van der Waals surface area contributed by atoms with E-state index in [0.717, 1.165) is 39.9 Å². The normalized spacial score (nSPS) is 17.0. The van der Waals surface area contributed by atoms with Gasteiger partial charge in [0.25, 0.3) is 5.91 Å². The van der Waals surface area contributed by atoms with E-state index in [1.54, 1.807) is 20.4 Å². The van der Waals surface area contributed by atoms with Gasteiger partial charge in [0.2, 0.25) is 0 Å². The van der Waals surface area contributed by atoms with Gasteiger partial charge in [0.15, 0.2) is 6.61 Å². The van der Waals surface area contributed by atoms with E-state index in [0.29, 0.717) is 17.9 Å². The van der Waals surface area contributed by atoms with Crippen LogP contribution in [-0.4, -0.2) is 42.5 Å². The number of allylic oxidation sites excluding steroid dienone is 1. The third-order valence-corrected chi connectivity index (χ3v) is 5.31. The van der Waals surface area contributed by atoms with Gasteiger partial charge in [-0.05, 0) is 54.2 Å². The number of fused-ring (bicyclic) bond motifs is 2. The van der Waals surface area contributed by atoms with Gasteiger partial charge in [-0.3, -0.25) is 4.79 Å². The molecule has 0 saturated heterocycles. The standard InChI is InChI=1S/C24H24N2O4/c1-15-11-16(13-17-7-6-10-29-17)23-19(12-15)22(18-8-4-5-9-20(18)25-23)24(28)30-14-21(27)26(2)3/h4-10,13,15H,11-12,14H2,1-3H3/t15-/m1/s1. The molecule has 0 unspecified atom stereocenters. The topological polar surface area (TPSA) is 72.6 Å². The number of hydrogen-bond donors (Lipinski definition) is 0. The molecule has 1 amide bonds. The lowest BCUT2D eigenvalue weighted by Crippen LogP contribution is -2.28. The second kappa shape index (κ2) is 8.14. The number of para-hydroxylation sites is 1. The van der Waals surface area contributed by atoms with Crippen LogP contribution in [0.1, 0.15) is 40.7 Å². The Morgan fingerprint density at radius 1 is 1.20 bits per heavy atom. The number of carbonyl (C=O) groups excluding carboxylic acids is 2. The van der Waals surface area contributed by atoms with Crippen molar-refractivity contribution in [3.8, 4) is 0 Å². The number of carbonyl (C=O) groups is 2. The molecule has 0 radical (unpaired) electrons. The molecular formula is C24H24N2O4. The highest BCUT2D eigenvalue weighted by atomic mass is 16.5. The van der Waals surface area contributed by atoms with Crippen molar-refractivity contribution in [3.05, 3.63) is 65.2 Å². The zero-order valence-corrected chi connectivity index (χ0v) is 17.3. The quantitative estimate of drug-likeness (QED) is 0.610. The van der Waals surface area contributed by atoms with Gasteiger partial charge < -0.3 is 14.1 Å². The van der Waals surface area contributed by atoms with Crippen molar-refractivity contribution in [2.75, 3.05) is 20.7 Å². The lowest BCUT2D eigenvalue weighted by atomic mass is 9.81. The molecule has 1 aliphatic rings. The highest BCUT2D eigenvalue weighted by Gasteiger charge is 2.29. The Labute approximate surface area is 175 Å². The molecule has 6 heteroatoms. The number of amides is 1. The summed E-state index contributed by atoms with van der Waals surface area (Å²) in [5, 5.41) is 0.741. The number of hydrogen-bond acceptors (Lipinski definition) is 5. The van der Waals surface area contributed by atoms with Gasteiger partial charge in [-0.15, -0.1) is 0 Å². The Morgan fingerprint density at radius 3 is 2.73 bits per heavy atom. The average molecular weight is 404 g/mol. The first-order valence-electron chi connectivity index (χ1n) is 9.97. The van der Waals surface area contributed by atoms with E-state index in [-0.39, 0.29) is 12.5 Å². The third-order valence-electron chi connectivity index (χ3n) is 5.31. The van der Waals surface area contributed by atoms with Crippen LogP contribution in [0.4, 0.5) is 0 Å². The second-order valence-electron chi connectivity index (χ2n) is 7.89. The minimum Gasteiger partial charge on any atom is -0.465 e. The van der Waals surface area contributed by atoms with Crippen molar-refractivity contribution in [2.45, 2.75) is 19.8 Å². The number of likely N-dealkylation sites (N-methyl/N-ethyl adjacent to an activating group) is 1. The summed E-state index contributed by atoms with van der Waals surface area (Å²) < 4.78 is 10.9. The molecule has 3 aromatic rings. The van der Waals surface area contributed by atoms with E-state index < -0.39 is 5.97 Å². The monoisotopic (exact) mass is 404 g/mol. The van der Waals surface area contributed by atoms with Gasteiger partial charge in [-0.25, -0.2) is 9.78 Å². The molecule has 2 aromatic heterocycles. The molecule has 1 atom stereocenters. The number of esters is 1. The highest BCUT2D eigenvalue weighted by Crippen LogP contribution is 2.38. The van der Waals surface area contributed by atoms with Crippen LogP contribution in [0, 0.1) is 5.92 Å². The van der Waals surface area contributed by atoms with E-state index in [2.05, 4.69) is 6.92 Å². The Hall–Kier alpha value is -3.41. The molecule has 0 spiro atoms. The number of ether oxygens (including phenoxy) is 1. The van der Waals surface area contributed by atoms with E-state index in [4.69, 9.17) is 14.1 Å². The summed E-state index contributed by atoms with van der Waals surface area (Å²) in [6, 6.07) is 11.3. The lowest BCUT2D eigenvalue weighted by molar-refractivity contribution is -0.131. The Kier molecular flexibility index (Phi) is 5.40. The minimum absolute atomic E-state index is 0.262. The fourth-order valence-electron chi connectivity index (χ4n) is 3.84. The zero-order chi connectivity index (χ0) is 21.3. The van der Waals surface area contributed by atoms with Crippen LogP contribution in [0.25, 0.3) is 22.6 Å². The summed E-state index contributed by atoms with van der Waals surface area (Å²) in [7, 11) is 3.26. The molecule has 1 aliphatic carbocycles. The van der Waals surface area contributed by atoms with Crippen molar-refractivity contribution < 1.29 is 18.7 Å². The van der Waals surface area contributed by atoms with Gasteiger partial charge >= 0.3 is 5.97 Å². The van der Waals surface area contributed by atoms with E-state index in [1.165, 1.54) is 4.90 Å². The number of benzene rings is 1. The van der Waals surface area contributed by atoms with E-state index in [9.17, 15) is 9.59 Å². The molecule has 30 heavy (non-hydrogen) atoms. The third kappa shape index (κ3) is 3.85. The smallest absolute Gasteiger partial charge is 0.339 e. The van der Waals surface area contributed by atoms with E-state index >= 15 is 0 Å². The van der Waals surface area contributed by atoms with Crippen LogP contribution < -0.4 is 0 Å². The molecule has 154 valence electrons. The molecular weight excluding hydrogens is 380 g/mol. The Morgan fingerprint density at radius 2 is 2.00 bits per heavy atom. The zero-order valence-electron chi connectivity index (χ0n) is 17.3. The van der Waals surface area contributed by atoms with Gasteiger partial charge in [0.05, 0.1) is 23.0 Å². The maximum Gasteiger partial charge on any atom is 0.339 e. The molecule has 2 heterocycles. The summed E-state index contributed by atoms with van der Waals surface area (Å²) >= 11 is 0. The first kappa shape index (κ1) is 19.9. The van der Waals surface area contributed by atoms with Crippen molar-refractivity contribution in [1.82, 2.24) is 9.88 Å². The minimum atomic E-state index is -0.494. The number of furan rings is 1. The van der Waals surface area contributed by atoms with Gasteiger partial charge in [-0.1, -0.05) is 25.1 Å². The Bertz CT molecular complexity index is 1130. The number of pyridine rings is 1. The van der Waals surface area contributed by atoms with Crippen LogP contribution in [-0.2, 0) is 16.0 Å². The molecule has 0 N–H and O–H groups in total. The fraction of sp³-hybridized carbons (Fsp3) is 0.292. The molecule has 1 aromatic carbocycles. The molecule has 6 nitrogen and oxygen atoms in total. The molecule has 0 fully saturated rings. The highest BCUT2D eigenvalue weighted by molar-refractivity contribution is 6.07. The van der Waals surface area contributed by atoms with Crippen LogP contribution >= 0.6 is 0 Å². The van der Waals surface area contributed by atoms with Crippen molar-refractivity contribution >= 4 is 34.4 Å². The first-order valence-corrected chi connectivity index (χ1v) is 9.97. The molecule has 0 bridgehead atoms. The summed E-state index contributed by atoms with van der Waals surface area (Å²) in [6.45, 7) is 1.86. The van der Waals surface area contributed by atoms with Gasteiger partial charge in [0, 0.05) is 19.5 Å². The van der Waals surface area contributed by atoms with Crippen molar-refractivity contribution in [1.29, 1.82) is 0 Å². The number of aromatic nitrogens is 1. The van der Waals surface area contributed by atoms with Crippen LogP contribution in [0.5, 0.6) is 0 Å². The molecule has 4 rings (SSSR count). The SMILES string of the molecule is C[C@@H]1CC(=Cc2ccco2)c2nc3ccccc3c(C(=O)OCC(=O)N(C)C)c2C1. The van der Waals surface area contributed by atoms with Gasteiger partial charge in [0.1, 0.15) is 5.76 Å². The van der Waals surface area contributed by atoms with Crippen LogP contribution in [0.2, 0.25) is 0 Å². The summed E-state index contributed by atoms with van der Waals surface area (Å²) in [5.74, 6) is 0.325. The van der Waals surface area contributed by atoms with Crippen molar-refractivity contribution in [2.24, 2.45) is 5.92 Å². The largest absolute Gasteiger partial charge is 0.465 e. The summed E-state index contributed by atoms with van der Waals surface area (Å²) in [6.07, 6.45) is 5.18. The fourth-order valence-corrected chi connectivity index (χ4v) is 3.84. The average Bonchev–Trinajstić information content (AvgIpc) is 3.23. The summed E-state index contributed by atoms with van der Waals surface area (Å²) in [4.78, 5) is 31.3. The maximum absolute atomic E-state index is 13.1. The van der Waals surface area contributed by atoms with Crippen molar-refractivity contribution in [3.63, 3.8) is 0 Å². The first-order chi connectivity index (χ1) is 14.4. The number of rotatable bonds is 4. The summed E-state index contributed by atoms with van der Waals surface area (Å²) in [5.41, 5.74) is 3.92. The number of nitrogens with zero attached hydrogens (tertiary/aromatic N) is 2. The van der Waals surface area contributed by atoms with Crippen LogP contribution in [0.15, 0.2) is 47.1 Å². The second-order valence-corrected chi connectivity index (χ2v) is 7.89. The maximum atomic E-state index is 13.1. The molecule has 0 aliphatic heterocycles.